The van der Waals surface area contributed by atoms with Crippen LogP contribution in [0.15, 0.2) is 11.0 Å². The van der Waals surface area contributed by atoms with E-state index in [1.165, 1.54) is 6.20 Å². The van der Waals surface area contributed by atoms with Crippen molar-refractivity contribution in [3.63, 3.8) is 0 Å². The minimum absolute atomic E-state index is 0. The van der Waals surface area contributed by atoms with Crippen molar-refractivity contribution in [1.82, 2.24) is 9.71 Å². The van der Waals surface area contributed by atoms with E-state index in [-0.39, 0.29) is 12.4 Å². The molecule has 1 N–H and O–H groups in total. The Balaban J connectivity index is 0.000001000. The van der Waals surface area contributed by atoms with Crippen LogP contribution in [-0.2, 0) is 0 Å². The number of aromatic nitrogens is 2. The second kappa shape index (κ2) is 3.39. The Bertz CT molecular complexity index is 308. The van der Waals surface area contributed by atoms with Gasteiger partial charge in [0.15, 0.2) is 0 Å². The van der Waals surface area contributed by atoms with Gasteiger partial charge in [0.1, 0.15) is 0 Å². The van der Waals surface area contributed by atoms with E-state index >= 15 is 0 Å². The van der Waals surface area contributed by atoms with Gasteiger partial charge in [0.25, 0.3) is 0 Å². The molecule has 11 heavy (non-hydrogen) atoms. The number of hydrogen-bond acceptors (Lipinski definition) is 3. The molecule has 0 aromatic carbocycles. The van der Waals surface area contributed by atoms with E-state index in [1.807, 2.05) is 0 Å². The molecule has 1 rings (SSSR count). The Morgan fingerprint density at radius 2 is 2.09 bits per heavy atom. The standard InChI is InChI=1S/C6H8N2O2.ClH/c1-4-3-7-6(9)8(10)5(4)2;/h3,10H,1-2H3;1H. The van der Waals surface area contributed by atoms with Crippen LogP contribution >= 0.6 is 12.4 Å². The number of hydrogen-bond donors (Lipinski definition) is 1. The minimum atomic E-state index is -0.636. The van der Waals surface area contributed by atoms with Crippen LogP contribution in [0.2, 0.25) is 0 Å². The molecule has 0 amide bonds. The highest BCUT2D eigenvalue weighted by molar-refractivity contribution is 5.85. The maximum atomic E-state index is 10.6. The third-order valence-electron chi connectivity index (χ3n) is 1.44. The molecule has 5 heteroatoms. The molecule has 0 atom stereocenters. The van der Waals surface area contributed by atoms with Crippen molar-refractivity contribution in [2.45, 2.75) is 13.8 Å². The predicted octanol–water partition coefficient (Wildman–Crippen LogP) is 0.519. The lowest BCUT2D eigenvalue weighted by molar-refractivity contribution is 0.162. The Labute approximate surface area is 69.9 Å². The molecule has 0 aliphatic carbocycles. The smallest absolute Gasteiger partial charge is 0.380 e. The van der Waals surface area contributed by atoms with E-state index in [4.69, 9.17) is 5.21 Å². The van der Waals surface area contributed by atoms with Crippen molar-refractivity contribution in [2.75, 3.05) is 0 Å². The van der Waals surface area contributed by atoms with E-state index in [0.717, 1.165) is 5.56 Å². The maximum absolute atomic E-state index is 10.6. The van der Waals surface area contributed by atoms with E-state index in [2.05, 4.69) is 4.98 Å². The summed E-state index contributed by atoms with van der Waals surface area (Å²) in [5, 5.41) is 8.93. The van der Waals surface area contributed by atoms with Crippen LogP contribution in [0.4, 0.5) is 0 Å². The number of nitrogens with zero attached hydrogens (tertiary/aromatic N) is 2. The third kappa shape index (κ3) is 1.71. The Hall–Kier alpha value is -1.03. The molecule has 0 saturated carbocycles. The Kier molecular flexibility index (Phi) is 3.07. The van der Waals surface area contributed by atoms with Gasteiger partial charge in [-0.25, -0.2) is 4.79 Å². The number of aryl methyl sites for hydroxylation is 1. The molecule has 0 aliphatic rings. The lowest BCUT2D eigenvalue weighted by Gasteiger charge is -2.00. The molecule has 0 unspecified atom stereocenters. The fraction of sp³-hybridized carbons (Fsp3) is 0.333. The summed E-state index contributed by atoms with van der Waals surface area (Å²) in [6, 6.07) is 0. The normalized spacial score (nSPS) is 8.91. The highest BCUT2D eigenvalue weighted by atomic mass is 35.5. The van der Waals surface area contributed by atoms with Gasteiger partial charge >= 0.3 is 5.69 Å². The third-order valence-corrected chi connectivity index (χ3v) is 1.44. The average Bonchev–Trinajstić information content (AvgIpc) is 1.93. The summed E-state index contributed by atoms with van der Waals surface area (Å²) in [6.45, 7) is 3.42. The van der Waals surface area contributed by atoms with Crippen LogP contribution in [0.5, 0.6) is 0 Å². The molecule has 0 aliphatic heterocycles. The number of halogens is 1. The van der Waals surface area contributed by atoms with E-state index in [1.54, 1.807) is 13.8 Å². The highest BCUT2D eigenvalue weighted by Gasteiger charge is 1.99. The van der Waals surface area contributed by atoms with E-state index in [9.17, 15) is 4.79 Å². The van der Waals surface area contributed by atoms with Crippen molar-refractivity contribution in [3.05, 3.63) is 27.9 Å². The fourth-order valence-corrected chi connectivity index (χ4v) is 0.611. The average molecular weight is 177 g/mol. The molecule has 4 nitrogen and oxygen atoms in total. The van der Waals surface area contributed by atoms with Crippen molar-refractivity contribution in [2.24, 2.45) is 0 Å². The van der Waals surface area contributed by atoms with Crippen molar-refractivity contribution in [3.8, 4) is 0 Å². The van der Waals surface area contributed by atoms with Crippen LogP contribution in [0, 0.1) is 13.8 Å². The first-order valence-electron chi connectivity index (χ1n) is 2.87. The zero-order valence-electron chi connectivity index (χ0n) is 6.24. The second-order valence-electron chi connectivity index (χ2n) is 2.12. The fourth-order valence-electron chi connectivity index (χ4n) is 0.611. The largest absolute Gasteiger partial charge is 0.424 e. The minimum Gasteiger partial charge on any atom is -0.424 e. The van der Waals surface area contributed by atoms with Crippen molar-refractivity contribution >= 4 is 12.4 Å². The highest BCUT2D eigenvalue weighted by Crippen LogP contribution is 1.97. The summed E-state index contributed by atoms with van der Waals surface area (Å²) in [6.07, 6.45) is 1.43. The van der Waals surface area contributed by atoms with Crippen LogP contribution in [0.1, 0.15) is 11.3 Å². The quantitative estimate of drug-likeness (QED) is 0.587. The summed E-state index contributed by atoms with van der Waals surface area (Å²) >= 11 is 0. The summed E-state index contributed by atoms with van der Waals surface area (Å²) in [5.74, 6) is 0. The maximum Gasteiger partial charge on any atom is 0.380 e. The van der Waals surface area contributed by atoms with Crippen molar-refractivity contribution < 1.29 is 5.21 Å². The van der Waals surface area contributed by atoms with Gasteiger partial charge in [0, 0.05) is 6.20 Å². The monoisotopic (exact) mass is 176 g/mol. The molecule has 1 aromatic rings. The summed E-state index contributed by atoms with van der Waals surface area (Å²) in [5.41, 5.74) is 0.685. The van der Waals surface area contributed by atoms with Gasteiger partial charge in [0.05, 0.1) is 5.69 Å². The second-order valence-corrected chi connectivity index (χ2v) is 2.12. The van der Waals surface area contributed by atoms with E-state index < -0.39 is 5.69 Å². The number of rotatable bonds is 0. The molecular weight excluding hydrogens is 168 g/mol. The van der Waals surface area contributed by atoms with Gasteiger partial charge in [-0.1, -0.05) is 0 Å². The Morgan fingerprint density at radius 3 is 2.55 bits per heavy atom. The van der Waals surface area contributed by atoms with Crippen LogP contribution in [-0.4, -0.2) is 14.9 Å². The Morgan fingerprint density at radius 1 is 1.55 bits per heavy atom. The van der Waals surface area contributed by atoms with Gasteiger partial charge in [-0.05, 0) is 19.4 Å². The van der Waals surface area contributed by atoms with Gasteiger partial charge in [0.2, 0.25) is 0 Å². The molecule has 0 bridgehead atoms. The predicted molar refractivity (Wildman–Crippen MR) is 42.4 cm³/mol. The summed E-state index contributed by atoms with van der Waals surface area (Å²) < 4.78 is 0.537. The summed E-state index contributed by atoms with van der Waals surface area (Å²) in [7, 11) is 0. The van der Waals surface area contributed by atoms with Crippen LogP contribution in [0.25, 0.3) is 0 Å². The van der Waals surface area contributed by atoms with Gasteiger partial charge < -0.3 is 5.21 Å². The molecule has 1 aromatic heterocycles. The lowest BCUT2D eigenvalue weighted by Crippen LogP contribution is -2.23. The topological polar surface area (TPSA) is 55.1 Å². The first kappa shape index (κ1) is 9.97. The van der Waals surface area contributed by atoms with Crippen LogP contribution < -0.4 is 5.69 Å². The molecule has 0 radical (unpaired) electrons. The first-order chi connectivity index (χ1) is 4.63. The molecule has 62 valence electrons. The molecule has 0 fully saturated rings. The van der Waals surface area contributed by atoms with Crippen LogP contribution in [0.3, 0.4) is 0 Å². The molecular formula is C6H9ClN2O2. The van der Waals surface area contributed by atoms with Gasteiger partial charge in [-0.2, -0.15) is 4.98 Å². The zero-order chi connectivity index (χ0) is 7.72. The summed E-state index contributed by atoms with van der Waals surface area (Å²) in [4.78, 5) is 14.0. The van der Waals surface area contributed by atoms with Gasteiger partial charge in [-0.3, -0.25) is 0 Å². The van der Waals surface area contributed by atoms with E-state index in [0.29, 0.717) is 10.4 Å². The van der Waals surface area contributed by atoms with Gasteiger partial charge in [-0.15, -0.1) is 17.1 Å². The van der Waals surface area contributed by atoms with Crippen molar-refractivity contribution in [1.29, 1.82) is 0 Å². The lowest BCUT2D eigenvalue weighted by atomic mass is 10.3. The molecule has 0 spiro atoms. The first-order valence-corrected chi connectivity index (χ1v) is 2.87. The SMILES string of the molecule is Cc1cnc(=O)n(O)c1C.Cl. The zero-order valence-corrected chi connectivity index (χ0v) is 7.05. The molecule has 1 heterocycles. The molecule has 0 saturated heterocycles.